The first-order chi connectivity index (χ1) is 13.5. The van der Waals surface area contributed by atoms with Crippen molar-refractivity contribution in [2.24, 2.45) is 0 Å². The number of nitriles is 1. The molecule has 1 atom stereocenters. The predicted molar refractivity (Wildman–Crippen MR) is 110 cm³/mol. The molecule has 2 aromatic rings. The molecule has 0 unspecified atom stereocenters. The van der Waals surface area contributed by atoms with Crippen molar-refractivity contribution in [1.29, 1.82) is 5.26 Å². The summed E-state index contributed by atoms with van der Waals surface area (Å²) in [6.07, 6.45) is 0.177. The number of hydrogen-bond acceptors (Lipinski definition) is 4. The molecule has 8 heteroatoms. The van der Waals surface area contributed by atoms with Crippen LogP contribution in [0, 0.1) is 17.1 Å². The molecule has 0 saturated heterocycles. The van der Waals surface area contributed by atoms with Gasteiger partial charge in [0.15, 0.2) is 0 Å². The van der Waals surface area contributed by atoms with E-state index in [1.165, 1.54) is 24.3 Å². The van der Waals surface area contributed by atoms with Gasteiger partial charge in [-0.1, -0.05) is 39.8 Å². The van der Waals surface area contributed by atoms with Crippen LogP contribution in [0.2, 0.25) is 0 Å². The van der Waals surface area contributed by atoms with E-state index < -0.39 is 0 Å². The molecule has 0 saturated carbocycles. The smallest absolute Gasteiger partial charge is 0.234 e. The van der Waals surface area contributed by atoms with Crippen LogP contribution in [-0.2, 0) is 9.59 Å². The van der Waals surface area contributed by atoms with Gasteiger partial charge in [0.2, 0.25) is 11.8 Å². The van der Waals surface area contributed by atoms with Crippen molar-refractivity contribution < 1.29 is 14.0 Å². The van der Waals surface area contributed by atoms with Crippen molar-refractivity contribution in [3.05, 3.63) is 75.0 Å². The van der Waals surface area contributed by atoms with E-state index in [1.54, 1.807) is 0 Å². The average Bonchev–Trinajstić information content (AvgIpc) is 2.68. The summed E-state index contributed by atoms with van der Waals surface area (Å²) in [5.41, 5.74) is 1.77. The van der Waals surface area contributed by atoms with Crippen molar-refractivity contribution in [3.8, 4) is 6.07 Å². The lowest BCUT2D eigenvalue weighted by Gasteiger charge is -2.25. The molecule has 1 aliphatic rings. The molecule has 5 nitrogen and oxygen atoms in total. The molecule has 0 spiro atoms. The largest absolute Gasteiger partial charge is 0.325 e. The van der Waals surface area contributed by atoms with Gasteiger partial charge in [-0.2, -0.15) is 5.26 Å². The van der Waals surface area contributed by atoms with Crippen molar-refractivity contribution in [2.45, 2.75) is 12.3 Å². The monoisotopic (exact) mass is 459 g/mol. The lowest BCUT2D eigenvalue weighted by Crippen LogP contribution is -2.31. The van der Waals surface area contributed by atoms with Gasteiger partial charge < -0.3 is 10.6 Å². The fraction of sp³-hybridized carbons (Fsp3) is 0.150. The third kappa shape index (κ3) is 5.00. The number of thioether (sulfide) groups is 1. The molecule has 28 heavy (non-hydrogen) atoms. The SMILES string of the molecule is N#CC1=C(SCC(=O)Nc2ccc(F)cc2)NC(=O)C[C@H]1c1ccc(Br)cc1. The van der Waals surface area contributed by atoms with E-state index in [0.29, 0.717) is 16.3 Å². The first-order valence-corrected chi connectivity index (χ1v) is 10.1. The summed E-state index contributed by atoms with van der Waals surface area (Å²) in [6, 6.07) is 15.1. The second-order valence-electron chi connectivity index (χ2n) is 6.05. The Kier molecular flexibility index (Phi) is 6.49. The van der Waals surface area contributed by atoms with Gasteiger partial charge in [0.25, 0.3) is 0 Å². The maximum Gasteiger partial charge on any atom is 0.234 e. The van der Waals surface area contributed by atoms with Crippen molar-refractivity contribution in [2.75, 3.05) is 11.1 Å². The minimum Gasteiger partial charge on any atom is -0.325 e. The average molecular weight is 460 g/mol. The second kappa shape index (κ2) is 9.04. The number of nitrogens with one attached hydrogen (secondary N) is 2. The van der Waals surface area contributed by atoms with Gasteiger partial charge in [-0.25, -0.2) is 4.39 Å². The molecule has 0 fully saturated rings. The Balaban J connectivity index is 1.73. The molecule has 0 bridgehead atoms. The number of rotatable bonds is 5. The van der Waals surface area contributed by atoms with Gasteiger partial charge in [0.05, 0.1) is 22.4 Å². The number of allylic oxidation sites excluding steroid dienone is 1. The molecule has 2 aromatic carbocycles. The molecule has 3 rings (SSSR count). The summed E-state index contributed by atoms with van der Waals surface area (Å²) in [7, 11) is 0. The van der Waals surface area contributed by atoms with Gasteiger partial charge >= 0.3 is 0 Å². The van der Waals surface area contributed by atoms with Crippen LogP contribution in [0.5, 0.6) is 0 Å². The Labute approximate surface area is 174 Å². The Morgan fingerprint density at radius 1 is 1.25 bits per heavy atom. The third-order valence-electron chi connectivity index (χ3n) is 4.10. The number of carbonyl (C=O) groups excluding carboxylic acids is 2. The van der Waals surface area contributed by atoms with E-state index >= 15 is 0 Å². The van der Waals surface area contributed by atoms with E-state index in [9.17, 15) is 19.2 Å². The topological polar surface area (TPSA) is 82.0 Å². The zero-order chi connectivity index (χ0) is 20.1. The second-order valence-corrected chi connectivity index (χ2v) is 7.96. The standard InChI is InChI=1S/C20H15BrFN3O2S/c21-13-3-1-12(2-4-13)16-9-18(26)25-20(17(16)10-23)28-11-19(27)24-15-7-5-14(22)6-8-15/h1-8,16H,9,11H2,(H,24,27)(H,25,26)/t16-/m0/s1. The van der Waals surface area contributed by atoms with E-state index in [4.69, 9.17) is 0 Å². The van der Waals surface area contributed by atoms with Gasteiger partial charge in [0.1, 0.15) is 5.82 Å². The number of carbonyl (C=O) groups is 2. The summed E-state index contributed by atoms with van der Waals surface area (Å²) in [4.78, 5) is 24.3. The van der Waals surface area contributed by atoms with Crippen LogP contribution < -0.4 is 10.6 Å². The summed E-state index contributed by atoms with van der Waals surface area (Å²) in [6.45, 7) is 0. The molecule has 2 N–H and O–H groups in total. The number of amides is 2. The van der Waals surface area contributed by atoms with Crippen LogP contribution in [0.25, 0.3) is 0 Å². The summed E-state index contributed by atoms with van der Waals surface area (Å²) < 4.78 is 13.8. The lowest BCUT2D eigenvalue weighted by atomic mass is 9.87. The van der Waals surface area contributed by atoms with Crippen LogP contribution in [0.1, 0.15) is 17.9 Å². The molecule has 0 radical (unpaired) electrons. The molecular weight excluding hydrogens is 445 g/mol. The highest BCUT2D eigenvalue weighted by molar-refractivity contribution is 9.10. The van der Waals surface area contributed by atoms with Crippen LogP contribution in [0.15, 0.2) is 63.6 Å². The number of anilines is 1. The Bertz CT molecular complexity index is 968. The zero-order valence-electron chi connectivity index (χ0n) is 14.5. The first kappa shape index (κ1) is 20.1. The molecule has 0 aliphatic carbocycles. The minimum absolute atomic E-state index is 0.00519. The van der Waals surface area contributed by atoms with E-state index in [-0.39, 0.29) is 35.7 Å². The van der Waals surface area contributed by atoms with E-state index in [1.807, 2.05) is 24.3 Å². The van der Waals surface area contributed by atoms with Gasteiger partial charge in [-0.3, -0.25) is 9.59 Å². The van der Waals surface area contributed by atoms with Gasteiger partial charge in [-0.05, 0) is 42.0 Å². The molecule has 1 heterocycles. The maximum absolute atomic E-state index is 12.9. The molecule has 0 aromatic heterocycles. The number of benzene rings is 2. The summed E-state index contributed by atoms with van der Waals surface area (Å²) in [5.74, 6) is -1.25. The zero-order valence-corrected chi connectivity index (χ0v) is 16.9. The quantitative estimate of drug-likeness (QED) is 0.698. The summed E-state index contributed by atoms with van der Waals surface area (Å²) in [5, 5.41) is 15.4. The molecule has 1 aliphatic heterocycles. The number of halogens is 2. The summed E-state index contributed by atoms with van der Waals surface area (Å²) >= 11 is 4.47. The van der Waals surface area contributed by atoms with Crippen molar-refractivity contribution >= 4 is 45.2 Å². The minimum atomic E-state index is -0.389. The number of hydrogen-bond donors (Lipinski definition) is 2. The third-order valence-corrected chi connectivity index (χ3v) is 5.65. The maximum atomic E-state index is 12.9. The molecule has 2 amide bonds. The van der Waals surface area contributed by atoms with E-state index in [2.05, 4.69) is 32.6 Å². The molecular formula is C20H15BrFN3O2S. The van der Waals surface area contributed by atoms with Crippen molar-refractivity contribution in [1.82, 2.24) is 5.32 Å². The Morgan fingerprint density at radius 3 is 2.57 bits per heavy atom. The van der Waals surface area contributed by atoms with Crippen LogP contribution in [0.4, 0.5) is 10.1 Å². The Morgan fingerprint density at radius 2 is 1.93 bits per heavy atom. The highest BCUT2D eigenvalue weighted by Gasteiger charge is 2.29. The molecule has 142 valence electrons. The van der Waals surface area contributed by atoms with Crippen molar-refractivity contribution in [3.63, 3.8) is 0 Å². The van der Waals surface area contributed by atoms with Crippen LogP contribution in [-0.4, -0.2) is 17.6 Å². The fourth-order valence-electron chi connectivity index (χ4n) is 2.78. The van der Waals surface area contributed by atoms with Gasteiger partial charge in [-0.15, -0.1) is 0 Å². The Hall–Kier alpha value is -2.63. The predicted octanol–water partition coefficient (Wildman–Crippen LogP) is 4.30. The van der Waals surface area contributed by atoms with Crippen LogP contribution in [0.3, 0.4) is 0 Å². The lowest BCUT2D eigenvalue weighted by molar-refractivity contribution is -0.121. The van der Waals surface area contributed by atoms with Crippen LogP contribution >= 0.6 is 27.7 Å². The fourth-order valence-corrected chi connectivity index (χ4v) is 3.92. The first-order valence-electron chi connectivity index (χ1n) is 8.34. The van der Waals surface area contributed by atoms with Gasteiger partial charge in [0, 0.05) is 22.5 Å². The normalized spacial score (nSPS) is 16.3. The highest BCUT2D eigenvalue weighted by atomic mass is 79.9. The number of nitrogens with zero attached hydrogens (tertiary/aromatic N) is 1. The highest BCUT2D eigenvalue weighted by Crippen LogP contribution is 2.36. The van der Waals surface area contributed by atoms with E-state index in [0.717, 1.165) is 21.8 Å².